The molecule has 0 aliphatic heterocycles. The van der Waals surface area contributed by atoms with Gasteiger partial charge in [-0.3, -0.25) is 4.79 Å². The van der Waals surface area contributed by atoms with Crippen molar-refractivity contribution in [3.63, 3.8) is 0 Å². The normalized spacial score (nSPS) is 12.8. The van der Waals surface area contributed by atoms with Crippen LogP contribution in [-0.4, -0.2) is 24.5 Å². The zero-order chi connectivity index (χ0) is 12.0. The van der Waals surface area contributed by atoms with Gasteiger partial charge in [-0.25, -0.2) is 0 Å². The van der Waals surface area contributed by atoms with E-state index in [2.05, 4.69) is 10.6 Å². The Labute approximate surface area is 96.4 Å². The lowest BCUT2D eigenvalue weighted by atomic mass is 10.2. The number of furan rings is 1. The van der Waals surface area contributed by atoms with Crippen LogP contribution in [0.2, 0.25) is 0 Å². The fourth-order valence-electron chi connectivity index (χ4n) is 1.37. The van der Waals surface area contributed by atoms with Gasteiger partial charge in [0.15, 0.2) is 0 Å². The Kier molecular flexibility index (Phi) is 5.05. The predicted molar refractivity (Wildman–Crippen MR) is 63.2 cm³/mol. The summed E-state index contributed by atoms with van der Waals surface area (Å²) in [6.07, 6.45) is 2.45. The van der Waals surface area contributed by atoms with E-state index >= 15 is 0 Å². The smallest absolute Gasteiger partial charge is 0.237 e. The molecule has 1 unspecified atom stereocenters. The Morgan fingerprint density at radius 1 is 1.44 bits per heavy atom. The minimum atomic E-state index is -0.169. The average Bonchev–Trinajstić information content (AvgIpc) is 2.69. The predicted octanol–water partition coefficient (Wildman–Crippen LogP) is 1.32. The summed E-state index contributed by atoms with van der Waals surface area (Å²) >= 11 is 0. The van der Waals surface area contributed by atoms with Crippen molar-refractivity contribution < 1.29 is 9.21 Å². The number of hydrogen-bond acceptors (Lipinski definition) is 3. The van der Waals surface area contributed by atoms with Crippen molar-refractivity contribution in [2.45, 2.75) is 39.3 Å². The third-order valence-corrected chi connectivity index (χ3v) is 2.23. The van der Waals surface area contributed by atoms with Crippen LogP contribution in [-0.2, 0) is 11.2 Å². The van der Waals surface area contributed by atoms with Crippen LogP contribution in [0.15, 0.2) is 22.8 Å². The van der Waals surface area contributed by atoms with Crippen LogP contribution < -0.4 is 10.6 Å². The number of nitrogens with one attached hydrogen (secondary N) is 2. The molecule has 0 fully saturated rings. The zero-order valence-electron chi connectivity index (χ0n) is 10.1. The van der Waals surface area contributed by atoms with E-state index < -0.39 is 0 Å². The van der Waals surface area contributed by atoms with Gasteiger partial charge in [0.1, 0.15) is 5.76 Å². The molecule has 0 bridgehead atoms. The van der Waals surface area contributed by atoms with Crippen LogP contribution in [0.3, 0.4) is 0 Å². The molecule has 0 saturated heterocycles. The highest BCUT2D eigenvalue weighted by Crippen LogP contribution is 1.99. The molecule has 1 rings (SSSR count). The molecule has 4 heteroatoms. The largest absolute Gasteiger partial charge is 0.469 e. The van der Waals surface area contributed by atoms with Gasteiger partial charge in [-0.1, -0.05) is 0 Å². The Bertz CT molecular complexity index is 307. The minimum absolute atomic E-state index is 0.0365. The topological polar surface area (TPSA) is 54.3 Å². The van der Waals surface area contributed by atoms with E-state index in [-0.39, 0.29) is 18.0 Å². The van der Waals surface area contributed by atoms with E-state index in [1.54, 1.807) is 6.26 Å². The molecule has 2 N–H and O–H groups in total. The van der Waals surface area contributed by atoms with Crippen LogP contribution in [0.1, 0.15) is 26.5 Å². The van der Waals surface area contributed by atoms with E-state index in [9.17, 15) is 4.79 Å². The fourth-order valence-corrected chi connectivity index (χ4v) is 1.37. The van der Waals surface area contributed by atoms with Gasteiger partial charge in [0.25, 0.3) is 0 Å². The SMILES string of the molecule is CC(C)NC(=O)C(C)NCCc1ccco1. The highest BCUT2D eigenvalue weighted by molar-refractivity contribution is 5.81. The Morgan fingerprint density at radius 2 is 2.19 bits per heavy atom. The molecule has 0 radical (unpaired) electrons. The van der Waals surface area contributed by atoms with E-state index in [0.29, 0.717) is 0 Å². The summed E-state index contributed by atoms with van der Waals surface area (Å²) in [6.45, 7) is 6.50. The number of amides is 1. The maximum Gasteiger partial charge on any atom is 0.237 e. The second kappa shape index (κ2) is 6.33. The molecular weight excluding hydrogens is 204 g/mol. The van der Waals surface area contributed by atoms with Gasteiger partial charge in [0.2, 0.25) is 5.91 Å². The van der Waals surface area contributed by atoms with Crippen molar-refractivity contribution in [3.8, 4) is 0 Å². The van der Waals surface area contributed by atoms with E-state index in [1.807, 2.05) is 32.9 Å². The van der Waals surface area contributed by atoms with E-state index in [4.69, 9.17) is 4.42 Å². The van der Waals surface area contributed by atoms with Crippen molar-refractivity contribution >= 4 is 5.91 Å². The molecule has 4 nitrogen and oxygen atoms in total. The van der Waals surface area contributed by atoms with Gasteiger partial charge in [-0.05, 0) is 32.9 Å². The maximum atomic E-state index is 11.5. The number of carbonyl (C=O) groups is 1. The Balaban J connectivity index is 2.19. The van der Waals surface area contributed by atoms with Crippen molar-refractivity contribution in [1.82, 2.24) is 10.6 Å². The Hall–Kier alpha value is -1.29. The molecule has 1 aromatic rings. The second-order valence-electron chi connectivity index (χ2n) is 4.17. The molecule has 1 atom stereocenters. The molecule has 0 aliphatic rings. The molecule has 90 valence electrons. The maximum absolute atomic E-state index is 11.5. The summed E-state index contributed by atoms with van der Waals surface area (Å²) in [7, 11) is 0. The molecule has 0 aliphatic carbocycles. The molecule has 0 spiro atoms. The summed E-state index contributed by atoms with van der Waals surface area (Å²) < 4.78 is 5.20. The minimum Gasteiger partial charge on any atom is -0.469 e. The quantitative estimate of drug-likeness (QED) is 0.766. The summed E-state index contributed by atoms with van der Waals surface area (Å²) in [6, 6.07) is 3.81. The molecule has 1 amide bonds. The third-order valence-electron chi connectivity index (χ3n) is 2.23. The van der Waals surface area contributed by atoms with Crippen molar-refractivity contribution in [2.75, 3.05) is 6.54 Å². The molecule has 0 aromatic carbocycles. The number of hydrogen-bond donors (Lipinski definition) is 2. The fraction of sp³-hybridized carbons (Fsp3) is 0.583. The summed E-state index contributed by atoms with van der Waals surface area (Å²) in [5, 5.41) is 6.02. The first kappa shape index (κ1) is 12.8. The first-order valence-corrected chi connectivity index (χ1v) is 5.65. The van der Waals surface area contributed by atoms with Gasteiger partial charge in [-0.15, -0.1) is 0 Å². The lowest BCUT2D eigenvalue weighted by Crippen LogP contribution is -2.45. The molecule has 0 saturated carbocycles. The van der Waals surface area contributed by atoms with Crippen molar-refractivity contribution in [2.24, 2.45) is 0 Å². The third kappa shape index (κ3) is 4.49. The molecular formula is C12H20N2O2. The van der Waals surface area contributed by atoms with Crippen LogP contribution in [0.25, 0.3) is 0 Å². The van der Waals surface area contributed by atoms with Gasteiger partial charge < -0.3 is 15.1 Å². The number of rotatable bonds is 6. The van der Waals surface area contributed by atoms with Crippen LogP contribution >= 0.6 is 0 Å². The average molecular weight is 224 g/mol. The molecule has 1 aromatic heterocycles. The molecule has 1 heterocycles. The van der Waals surface area contributed by atoms with Crippen molar-refractivity contribution in [1.29, 1.82) is 0 Å². The van der Waals surface area contributed by atoms with Crippen LogP contribution in [0.4, 0.5) is 0 Å². The van der Waals surface area contributed by atoms with Gasteiger partial charge in [0, 0.05) is 19.0 Å². The van der Waals surface area contributed by atoms with E-state index in [0.717, 1.165) is 18.7 Å². The first-order chi connectivity index (χ1) is 7.59. The molecule has 16 heavy (non-hydrogen) atoms. The zero-order valence-corrected chi connectivity index (χ0v) is 10.1. The summed E-state index contributed by atoms with van der Waals surface area (Å²) in [5.74, 6) is 0.971. The second-order valence-corrected chi connectivity index (χ2v) is 4.17. The van der Waals surface area contributed by atoms with Gasteiger partial charge >= 0.3 is 0 Å². The van der Waals surface area contributed by atoms with Crippen LogP contribution in [0.5, 0.6) is 0 Å². The highest BCUT2D eigenvalue weighted by atomic mass is 16.3. The first-order valence-electron chi connectivity index (χ1n) is 5.65. The lowest BCUT2D eigenvalue weighted by molar-refractivity contribution is -0.123. The Morgan fingerprint density at radius 3 is 2.75 bits per heavy atom. The van der Waals surface area contributed by atoms with Gasteiger partial charge in [-0.2, -0.15) is 0 Å². The van der Waals surface area contributed by atoms with Gasteiger partial charge in [0.05, 0.1) is 12.3 Å². The standard InChI is InChI=1S/C12H20N2O2/c1-9(2)14-12(15)10(3)13-7-6-11-5-4-8-16-11/h4-5,8-10,13H,6-7H2,1-3H3,(H,14,15). The lowest BCUT2D eigenvalue weighted by Gasteiger charge is -2.15. The highest BCUT2D eigenvalue weighted by Gasteiger charge is 2.12. The summed E-state index contributed by atoms with van der Waals surface area (Å²) in [4.78, 5) is 11.5. The van der Waals surface area contributed by atoms with E-state index in [1.165, 1.54) is 0 Å². The van der Waals surface area contributed by atoms with Crippen LogP contribution in [0, 0.1) is 0 Å². The van der Waals surface area contributed by atoms with Crippen molar-refractivity contribution in [3.05, 3.63) is 24.2 Å². The monoisotopic (exact) mass is 224 g/mol. The summed E-state index contributed by atoms with van der Waals surface area (Å²) in [5.41, 5.74) is 0. The number of carbonyl (C=O) groups excluding carboxylic acids is 1.